The minimum atomic E-state index is -1.48. The van der Waals surface area contributed by atoms with E-state index in [0.717, 1.165) is 0 Å². The van der Waals surface area contributed by atoms with Crippen LogP contribution in [0.3, 0.4) is 0 Å². The van der Waals surface area contributed by atoms with Gasteiger partial charge in [0.05, 0.1) is 39.6 Å². The summed E-state index contributed by atoms with van der Waals surface area (Å²) in [5, 5.41) is 0. The van der Waals surface area contributed by atoms with Gasteiger partial charge in [0.1, 0.15) is 17.5 Å². The van der Waals surface area contributed by atoms with E-state index >= 15 is 0 Å². The average molecular weight is 416 g/mol. The van der Waals surface area contributed by atoms with Crippen molar-refractivity contribution in [2.75, 3.05) is 28.4 Å². The van der Waals surface area contributed by atoms with Crippen LogP contribution in [0.5, 0.6) is 11.5 Å². The van der Waals surface area contributed by atoms with Crippen molar-refractivity contribution in [3.8, 4) is 11.5 Å². The number of benzene rings is 1. The fourth-order valence-electron chi connectivity index (χ4n) is 4.10. The number of Topliss-reactive ketones (excluding diaryl/α,β-unsaturated/α-hetero) is 1. The van der Waals surface area contributed by atoms with E-state index in [1.54, 1.807) is 18.2 Å². The highest BCUT2D eigenvalue weighted by Crippen LogP contribution is 2.61. The molecule has 0 saturated carbocycles. The second kappa shape index (κ2) is 8.31. The van der Waals surface area contributed by atoms with Crippen LogP contribution >= 0.6 is 0 Å². The maximum absolute atomic E-state index is 12.8. The lowest BCUT2D eigenvalue weighted by Gasteiger charge is -2.29. The van der Waals surface area contributed by atoms with Gasteiger partial charge in [-0.2, -0.15) is 0 Å². The standard InChI is InChI=1S/C22H24O8/c1-6-7-8-12(23)11-22-14-10-16(27-3)15(26-2)9-13(14)19(30-22)17(20(24)28-4)18(22)21(25)29-5/h6,9-10,19H,1,7-8,11H2,2-5H3. The van der Waals surface area contributed by atoms with Crippen molar-refractivity contribution < 1.29 is 38.1 Å². The van der Waals surface area contributed by atoms with E-state index in [1.807, 2.05) is 0 Å². The zero-order valence-corrected chi connectivity index (χ0v) is 17.4. The van der Waals surface area contributed by atoms with E-state index in [9.17, 15) is 14.4 Å². The van der Waals surface area contributed by atoms with E-state index in [4.69, 9.17) is 23.7 Å². The fraction of sp³-hybridized carbons (Fsp3) is 0.409. The topological polar surface area (TPSA) is 97.4 Å². The maximum Gasteiger partial charge on any atom is 0.337 e. The molecule has 2 bridgehead atoms. The van der Waals surface area contributed by atoms with Gasteiger partial charge < -0.3 is 23.7 Å². The van der Waals surface area contributed by atoms with Crippen LogP contribution in [0.1, 0.15) is 36.5 Å². The lowest BCUT2D eigenvalue weighted by molar-refractivity contribution is -0.140. The number of esters is 2. The van der Waals surface area contributed by atoms with Crippen LogP contribution in [0, 0.1) is 0 Å². The Morgan fingerprint density at radius 3 is 2.27 bits per heavy atom. The maximum atomic E-state index is 12.8. The van der Waals surface area contributed by atoms with Gasteiger partial charge in [0.2, 0.25) is 0 Å². The zero-order valence-electron chi connectivity index (χ0n) is 17.4. The Bertz CT molecular complexity index is 945. The van der Waals surface area contributed by atoms with E-state index in [0.29, 0.717) is 29.0 Å². The number of ether oxygens (including phenoxy) is 5. The summed E-state index contributed by atoms with van der Waals surface area (Å²) in [7, 11) is 5.40. The molecule has 0 aromatic heterocycles. The number of fused-ring (bicyclic) bond motifs is 5. The molecule has 30 heavy (non-hydrogen) atoms. The summed E-state index contributed by atoms with van der Waals surface area (Å²) in [6.45, 7) is 3.63. The molecule has 0 fully saturated rings. The molecule has 2 atom stereocenters. The monoisotopic (exact) mass is 416 g/mol. The number of hydrogen-bond donors (Lipinski definition) is 0. The number of carbonyl (C=O) groups excluding carboxylic acids is 3. The molecule has 2 heterocycles. The Labute approximate surface area is 174 Å². The average Bonchev–Trinajstić information content (AvgIpc) is 3.25. The SMILES string of the molecule is C=CCCC(=O)CC12OC(C(C(=O)OC)=C1C(=O)OC)c1cc(OC)c(OC)cc12. The third-order valence-electron chi connectivity index (χ3n) is 5.40. The molecule has 3 rings (SSSR count). The molecular formula is C22H24O8. The highest BCUT2D eigenvalue weighted by atomic mass is 16.6. The lowest BCUT2D eigenvalue weighted by Crippen LogP contribution is -2.35. The van der Waals surface area contributed by atoms with Crippen LogP contribution in [-0.2, 0) is 34.2 Å². The number of ketones is 1. The van der Waals surface area contributed by atoms with Gasteiger partial charge in [0.25, 0.3) is 0 Å². The van der Waals surface area contributed by atoms with E-state index in [2.05, 4.69) is 6.58 Å². The van der Waals surface area contributed by atoms with Crippen molar-refractivity contribution in [1.82, 2.24) is 0 Å². The van der Waals surface area contributed by atoms with Gasteiger partial charge in [-0.3, -0.25) is 4.79 Å². The summed E-state index contributed by atoms with van der Waals surface area (Å²) in [5.41, 5.74) is -0.300. The number of methoxy groups -OCH3 is 4. The first kappa shape index (κ1) is 21.6. The first-order valence-electron chi connectivity index (χ1n) is 9.36. The molecule has 0 saturated heterocycles. The molecule has 8 heteroatoms. The minimum Gasteiger partial charge on any atom is -0.493 e. The predicted octanol–water partition coefficient (Wildman–Crippen LogP) is 2.55. The van der Waals surface area contributed by atoms with Crippen molar-refractivity contribution in [2.45, 2.75) is 31.0 Å². The predicted molar refractivity (Wildman–Crippen MR) is 105 cm³/mol. The largest absolute Gasteiger partial charge is 0.493 e. The second-order valence-corrected chi connectivity index (χ2v) is 6.93. The molecule has 0 spiro atoms. The smallest absolute Gasteiger partial charge is 0.337 e. The van der Waals surface area contributed by atoms with Gasteiger partial charge in [0, 0.05) is 12.8 Å². The van der Waals surface area contributed by atoms with Crippen molar-refractivity contribution in [3.05, 3.63) is 47.1 Å². The Kier molecular flexibility index (Phi) is 5.98. The van der Waals surface area contributed by atoms with Gasteiger partial charge in [0.15, 0.2) is 11.5 Å². The quantitative estimate of drug-likeness (QED) is 0.448. The molecule has 0 aliphatic carbocycles. The molecule has 1 aromatic rings. The van der Waals surface area contributed by atoms with Gasteiger partial charge >= 0.3 is 11.9 Å². The van der Waals surface area contributed by atoms with Gasteiger partial charge in [-0.05, 0) is 29.7 Å². The van der Waals surface area contributed by atoms with Crippen LogP contribution in [0.25, 0.3) is 0 Å². The van der Waals surface area contributed by atoms with Crippen LogP contribution in [0.2, 0.25) is 0 Å². The highest BCUT2D eigenvalue weighted by molar-refractivity contribution is 6.06. The van der Waals surface area contributed by atoms with Gasteiger partial charge in [-0.1, -0.05) is 6.08 Å². The molecule has 2 aliphatic heterocycles. The molecule has 0 radical (unpaired) electrons. The minimum absolute atomic E-state index is 0.0199. The molecule has 1 aromatic carbocycles. The molecule has 2 aliphatic rings. The summed E-state index contributed by atoms with van der Waals surface area (Å²) in [4.78, 5) is 38.1. The Morgan fingerprint density at radius 2 is 1.70 bits per heavy atom. The molecule has 8 nitrogen and oxygen atoms in total. The third-order valence-corrected chi connectivity index (χ3v) is 5.40. The van der Waals surface area contributed by atoms with E-state index in [-0.39, 0.29) is 29.8 Å². The van der Waals surface area contributed by atoms with Crippen LogP contribution < -0.4 is 9.47 Å². The van der Waals surface area contributed by atoms with E-state index in [1.165, 1.54) is 28.4 Å². The summed E-state index contributed by atoms with van der Waals surface area (Å²) >= 11 is 0. The Morgan fingerprint density at radius 1 is 1.07 bits per heavy atom. The molecule has 160 valence electrons. The summed E-state index contributed by atoms with van der Waals surface area (Å²) in [5.74, 6) is -0.779. The number of hydrogen-bond acceptors (Lipinski definition) is 8. The number of allylic oxidation sites excluding steroid dienone is 1. The van der Waals surface area contributed by atoms with Crippen LogP contribution in [-0.4, -0.2) is 46.2 Å². The first-order chi connectivity index (χ1) is 14.4. The Balaban J connectivity index is 2.26. The molecular weight excluding hydrogens is 392 g/mol. The fourth-order valence-corrected chi connectivity index (χ4v) is 4.10. The van der Waals surface area contributed by atoms with Crippen LogP contribution in [0.15, 0.2) is 35.9 Å². The summed E-state index contributed by atoms with van der Waals surface area (Å²) in [6.07, 6.45) is 1.31. The molecule has 2 unspecified atom stereocenters. The zero-order chi connectivity index (χ0) is 22.1. The third kappa shape index (κ3) is 3.17. The number of carbonyl (C=O) groups is 3. The lowest BCUT2D eigenvalue weighted by atomic mass is 9.74. The van der Waals surface area contributed by atoms with Crippen molar-refractivity contribution in [2.24, 2.45) is 0 Å². The highest BCUT2D eigenvalue weighted by Gasteiger charge is 2.61. The van der Waals surface area contributed by atoms with Crippen molar-refractivity contribution in [1.29, 1.82) is 0 Å². The molecule has 0 amide bonds. The summed E-state index contributed by atoms with van der Waals surface area (Å²) < 4.78 is 26.8. The Hall–Kier alpha value is -3.13. The van der Waals surface area contributed by atoms with Gasteiger partial charge in [-0.15, -0.1) is 6.58 Å². The normalized spacial score (nSPS) is 21.1. The summed E-state index contributed by atoms with van der Waals surface area (Å²) in [6, 6.07) is 3.36. The van der Waals surface area contributed by atoms with Crippen molar-refractivity contribution in [3.63, 3.8) is 0 Å². The van der Waals surface area contributed by atoms with Crippen LogP contribution in [0.4, 0.5) is 0 Å². The van der Waals surface area contributed by atoms with Gasteiger partial charge in [-0.25, -0.2) is 9.59 Å². The first-order valence-corrected chi connectivity index (χ1v) is 9.36. The number of rotatable bonds is 9. The second-order valence-electron chi connectivity index (χ2n) is 6.93. The van der Waals surface area contributed by atoms with E-state index < -0.39 is 23.6 Å². The molecule has 0 N–H and O–H groups in total. The van der Waals surface area contributed by atoms with Crippen molar-refractivity contribution >= 4 is 17.7 Å².